The van der Waals surface area contributed by atoms with Gasteiger partial charge in [0.1, 0.15) is 12.1 Å². The molecule has 5 nitrogen and oxygen atoms in total. The molecule has 2 aliphatic carbocycles. The van der Waals surface area contributed by atoms with Crippen molar-refractivity contribution in [2.24, 2.45) is 5.92 Å². The number of nitrogens with one attached hydrogen (secondary N) is 1. The molecule has 2 aliphatic rings. The Balaban J connectivity index is 1.65. The summed E-state index contributed by atoms with van der Waals surface area (Å²) in [6.07, 6.45) is 11.1. The van der Waals surface area contributed by atoms with Gasteiger partial charge in [-0.2, -0.15) is 0 Å². The Hall–Kier alpha value is -2.82. The third kappa shape index (κ3) is 4.03. The highest BCUT2D eigenvalue weighted by atomic mass is 16.5. The van der Waals surface area contributed by atoms with E-state index >= 15 is 0 Å². The maximum absolute atomic E-state index is 12.4. The topological polar surface area (TPSA) is 75.6 Å². The number of carbonyl (C=O) groups excluding carboxylic acids is 1. The van der Waals surface area contributed by atoms with Crippen molar-refractivity contribution in [3.8, 4) is 0 Å². The Labute approximate surface area is 165 Å². The minimum Gasteiger partial charge on any atom is -0.480 e. The number of allylic oxidation sites excluding steroid dienone is 5. The average Bonchev–Trinajstić information content (AvgIpc) is 3.00. The number of fused-ring (bicyclic) bond motifs is 3. The van der Waals surface area contributed by atoms with Gasteiger partial charge in [0.05, 0.1) is 0 Å². The molecule has 0 saturated carbocycles. The van der Waals surface area contributed by atoms with Crippen LogP contribution in [0.1, 0.15) is 49.1 Å². The van der Waals surface area contributed by atoms with E-state index in [0.29, 0.717) is 25.2 Å². The van der Waals surface area contributed by atoms with Crippen LogP contribution in [0.25, 0.3) is 0 Å². The fourth-order valence-electron chi connectivity index (χ4n) is 4.13. The molecule has 0 aromatic heterocycles. The number of carboxylic acid groups (broad SMARTS) is 1. The first-order valence-corrected chi connectivity index (χ1v) is 9.69. The number of alkyl carbamates (subject to hydrolysis) is 1. The molecule has 0 heterocycles. The molecular weight excluding hydrogens is 354 g/mol. The summed E-state index contributed by atoms with van der Waals surface area (Å²) in [5.41, 5.74) is 1.10. The molecule has 1 aromatic carbocycles. The van der Waals surface area contributed by atoms with E-state index in [1.165, 1.54) is 18.1 Å². The van der Waals surface area contributed by atoms with Crippen LogP contribution < -0.4 is 5.32 Å². The van der Waals surface area contributed by atoms with Crippen molar-refractivity contribution in [2.75, 3.05) is 6.61 Å². The first-order valence-electron chi connectivity index (χ1n) is 9.69. The first kappa shape index (κ1) is 19.9. The lowest BCUT2D eigenvalue weighted by Gasteiger charge is -2.27. The number of carbonyl (C=O) groups is 2. The summed E-state index contributed by atoms with van der Waals surface area (Å²) in [6, 6.07) is 8.23. The maximum atomic E-state index is 12.4. The van der Waals surface area contributed by atoms with Gasteiger partial charge in [0.15, 0.2) is 0 Å². The highest BCUT2D eigenvalue weighted by Gasteiger charge is 2.40. The van der Waals surface area contributed by atoms with E-state index in [1.807, 2.05) is 18.2 Å². The third-order valence-electron chi connectivity index (χ3n) is 5.73. The number of amides is 1. The van der Waals surface area contributed by atoms with Crippen molar-refractivity contribution in [3.05, 3.63) is 72.4 Å². The largest absolute Gasteiger partial charge is 0.480 e. The number of aliphatic carboxylic acids is 1. The molecule has 0 saturated heterocycles. The molecule has 3 unspecified atom stereocenters. The smallest absolute Gasteiger partial charge is 0.408 e. The zero-order chi connectivity index (χ0) is 20.1. The van der Waals surface area contributed by atoms with Gasteiger partial charge in [-0.15, -0.1) is 6.58 Å². The van der Waals surface area contributed by atoms with Gasteiger partial charge in [0.25, 0.3) is 0 Å². The Morgan fingerprint density at radius 1 is 1.25 bits per heavy atom. The average molecular weight is 381 g/mol. The second-order valence-corrected chi connectivity index (χ2v) is 7.65. The lowest BCUT2D eigenvalue weighted by atomic mass is 9.84. The Kier molecular flexibility index (Phi) is 6.02. The highest BCUT2D eigenvalue weighted by Crippen LogP contribution is 2.49. The highest BCUT2D eigenvalue weighted by molar-refractivity contribution is 5.83. The van der Waals surface area contributed by atoms with Gasteiger partial charge in [-0.3, -0.25) is 0 Å². The van der Waals surface area contributed by atoms with Gasteiger partial charge < -0.3 is 15.2 Å². The van der Waals surface area contributed by atoms with Gasteiger partial charge in [-0.1, -0.05) is 54.6 Å². The quantitative estimate of drug-likeness (QED) is 0.512. The van der Waals surface area contributed by atoms with Crippen molar-refractivity contribution in [2.45, 2.75) is 43.6 Å². The van der Waals surface area contributed by atoms with Crippen LogP contribution in [0, 0.1) is 5.92 Å². The zero-order valence-corrected chi connectivity index (χ0v) is 16.1. The molecule has 5 heteroatoms. The van der Waals surface area contributed by atoms with Gasteiger partial charge >= 0.3 is 12.1 Å². The Morgan fingerprint density at radius 3 is 2.68 bits per heavy atom. The summed E-state index contributed by atoms with van der Waals surface area (Å²) in [5, 5.41) is 12.1. The third-order valence-corrected chi connectivity index (χ3v) is 5.73. The van der Waals surface area contributed by atoms with Gasteiger partial charge in [0, 0.05) is 11.8 Å². The molecule has 2 N–H and O–H groups in total. The summed E-state index contributed by atoms with van der Waals surface area (Å²) >= 11 is 0. The van der Waals surface area contributed by atoms with Crippen molar-refractivity contribution in [1.82, 2.24) is 5.32 Å². The lowest BCUT2D eigenvalue weighted by molar-refractivity contribution is -0.144. The first-order chi connectivity index (χ1) is 13.5. The summed E-state index contributed by atoms with van der Waals surface area (Å²) in [4.78, 5) is 24.0. The van der Waals surface area contributed by atoms with E-state index < -0.39 is 17.6 Å². The summed E-state index contributed by atoms with van der Waals surface area (Å²) in [6.45, 7) is 5.36. The molecular formula is C23H27NO4. The summed E-state index contributed by atoms with van der Waals surface area (Å²) < 4.78 is 5.49. The van der Waals surface area contributed by atoms with E-state index in [4.69, 9.17) is 4.74 Å². The molecule has 4 atom stereocenters. The van der Waals surface area contributed by atoms with Crippen molar-refractivity contribution in [1.29, 1.82) is 0 Å². The number of benzene rings is 1. The molecule has 0 aliphatic heterocycles. The van der Waals surface area contributed by atoms with E-state index in [9.17, 15) is 14.7 Å². The monoisotopic (exact) mass is 381 g/mol. The van der Waals surface area contributed by atoms with E-state index in [-0.39, 0.29) is 18.4 Å². The van der Waals surface area contributed by atoms with E-state index in [1.54, 1.807) is 6.08 Å². The maximum Gasteiger partial charge on any atom is 0.408 e. The standard InChI is InChI=1S/C23H27NO4/c1-3-4-9-14-23(2,21(25)26)24-22(27)28-15-20-18-12-7-5-10-16(18)17-11-6-8-13-19(17)20/h3,5-8,10-13,16,18,20H,1,4,9,14-15H2,2H3,(H,24,27)(H,25,26)/t16?,18?,20?,23-/m0/s1. The van der Waals surface area contributed by atoms with Gasteiger partial charge in [0.2, 0.25) is 0 Å². The van der Waals surface area contributed by atoms with Crippen LogP contribution in [0.4, 0.5) is 4.79 Å². The molecule has 3 rings (SSSR count). The summed E-state index contributed by atoms with van der Waals surface area (Å²) in [7, 11) is 0. The van der Waals surface area contributed by atoms with Crippen molar-refractivity contribution < 1.29 is 19.4 Å². The van der Waals surface area contributed by atoms with E-state index in [2.05, 4.69) is 42.3 Å². The van der Waals surface area contributed by atoms with Crippen LogP contribution in [0.15, 0.2) is 61.2 Å². The number of unbranched alkanes of at least 4 members (excludes halogenated alkanes) is 1. The van der Waals surface area contributed by atoms with Crippen LogP contribution in [-0.4, -0.2) is 29.3 Å². The van der Waals surface area contributed by atoms with Crippen LogP contribution in [0.3, 0.4) is 0 Å². The van der Waals surface area contributed by atoms with Gasteiger partial charge in [-0.05, 0) is 43.2 Å². The summed E-state index contributed by atoms with van der Waals surface area (Å²) in [5.74, 6) is -0.472. The predicted molar refractivity (Wildman–Crippen MR) is 108 cm³/mol. The Morgan fingerprint density at radius 2 is 1.96 bits per heavy atom. The number of hydrogen-bond acceptors (Lipinski definition) is 3. The zero-order valence-electron chi connectivity index (χ0n) is 16.1. The van der Waals surface area contributed by atoms with Crippen LogP contribution in [-0.2, 0) is 9.53 Å². The molecule has 1 amide bonds. The number of hydrogen-bond donors (Lipinski definition) is 2. The van der Waals surface area contributed by atoms with Crippen molar-refractivity contribution in [3.63, 3.8) is 0 Å². The Bertz CT molecular complexity index is 813. The molecule has 1 aromatic rings. The minimum atomic E-state index is -1.36. The number of ether oxygens (including phenoxy) is 1. The second kappa shape index (κ2) is 8.46. The normalized spacial score (nSPS) is 24.0. The fourth-order valence-corrected chi connectivity index (χ4v) is 4.13. The van der Waals surface area contributed by atoms with Crippen LogP contribution in [0.5, 0.6) is 0 Å². The SMILES string of the molecule is C=CCCC[C@](C)(NC(=O)OCC1c2ccccc2C2C=CC=CC21)C(=O)O. The number of carboxylic acids is 1. The minimum absolute atomic E-state index is 0.0602. The van der Waals surface area contributed by atoms with Crippen LogP contribution in [0.2, 0.25) is 0 Å². The predicted octanol–water partition coefficient (Wildman–Crippen LogP) is 4.54. The fraction of sp³-hybridized carbons (Fsp3) is 0.391. The molecule has 28 heavy (non-hydrogen) atoms. The molecule has 0 fully saturated rings. The molecule has 0 bridgehead atoms. The molecule has 148 valence electrons. The van der Waals surface area contributed by atoms with E-state index in [0.717, 1.165) is 0 Å². The molecule has 0 radical (unpaired) electrons. The van der Waals surface area contributed by atoms with Crippen molar-refractivity contribution >= 4 is 12.1 Å². The lowest BCUT2D eigenvalue weighted by Crippen LogP contribution is -2.52. The van der Waals surface area contributed by atoms with Gasteiger partial charge in [-0.25, -0.2) is 9.59 Å². The number of rotatable bonds is 8. The van der Waals surface area contributed by atoms with Crippen LogP contribution >= 0.6 is 0 Å². The molecule has 0 spiro atoms. The second-order valence-electron chi connectivity index (χ2n) is 7.65.